The highest BCUT2D eigenvalue weighted by Crippen LogP contribution is 2.25. The van der Waals surface area contributed by atoms with Crippen LogP contribution in [0.15, 0.2) is 30.3 Å². The van der Waals surface area contributed by atoms with Crippen LogP contribution in [0.1, 0.15) is 30.9 Å². The second-order valence-corrected chi connectivity index (χ2v) is 7.53. The lowest BCUT2D eigenvalue weighted by atomic mass is 10.0. The lowest BCUT2D eigenvalue weighted by Gasteiger charge is -2.21. The van der Waals surface area contributed by atoms with Gasteiger partial charge in [0, 0.05) is 12.6 Å². The number of benzene rings is 1. The van der Waals surface area contributed by atoms with E-state index in [1.165, 1.54) is 0 Å². The number of hydrogen-bond donors (Lipinski definition) is 3. The molecule has 0 aromatic heterocycles. The van der Waals surface area contributed by atoms with E-state index < -0.39 is 22.0 Å². The van der Waals surface area contributed by atoms with Crippen molar-refractivity contribution in [2.75, 3.05) is 12.8 Å². The molecule has 0 bridgehead atoms. The van der Waals surface area contributed by atoms with Gasteiger partial charge in [0.1, 0.15) is 0 Å². The average molecular weight is 326 g/mol. The molecule has 0 radical (unpaired) electrons. The number of carbonyl (C=O) groups excluding carboxylic acids is 1. The van der Waals surface area contributed by atoms with Gasteiger partial charge in [-0.1, -0.05) is 36.8 Å². The van der Waals surface area contributed by atoms with Gasteiger partial charge in [0.05, 0.1) is 6.26 Å². The lowest BCUT2D eigenvalue weighted by molar-refractivity contribution is -0.129. The van der Waals surface area contributed by atoms with Crippen molar-refractivity contribution in [3.05, 3.63) is 35.9 Å². The van der Waals surface area contributed by atoms with E-state index in [1.54, 1.807) is 24.3 Å². The highest BCUT2D eigenvalue weighted by Gasteiger charge is 2.30. The molecule has 3 N–H and O–H groups in total. The van der Waals surface area contributed by atoms with Crippen LogP contribution in [0.3, 0.4) is 0 Å². The number of aliphatic hydroxyl groups excluding tert-OH is 1. The zero-order valence-corrected chi connectivity index (χ0v) is 13.3. The smallest absolute Gasteiger partial charge is 0.253 e. The van der Waals surface area contributed by atoms with E-state index in [-0.39, 0.29) is 12.0 Å². The van der Waals surface area contributed by atoms with Crippen LogP contribution in [0.4, 0.5) is 0 Å². The Morgan fingerprint density at radius 1 is 1.32 bits per heavy atom. The molecule has 1 saturated carbocycles. The van der Waals surface area contributed by atoms with Gasteiger partial charge in [0.25, 0.3) is 5.91 Å². The summed E-state index contributed by atoms with van der Waals surface area (Å²) in [6, 6.07) is 8.56. The van der Waals surface area contributed by atoms with Crippen molar-refractivity contribution < 1.29 is 18.3 Å². The van der Waals surface area contributed by atoms with Gasteiger partial charge < -0.3 is 10.4 Å². The quantitative estimate of drug-likeness (QED) is 0.711. The van der Waals surface area contributed by atoms with E-state index in [2.05, 4.69) is 10.0 Å². The number of sulfonamides is 1. The fourth-order valence-electron chi connectivity index (χ4n) is 2.83. The van der Waals surface area contributed by atoms with Crippen molar-refractivity contribution in [2.24, 2.45) is 5.92 Å². The molecule has 1 aliphatic rings. The molecule has 7 heteroatoms. The molecule has 0 spiro atoms. The third-order valence-electron chi connectivity index (χ3n) is 3.93. The summed E-state index contributed by atoms with van der Waals surface area (Å²) in [7, 11) is -3.25. The van der Waals surface area contributed by atoms with Gasteiger partial charge in [0.2, 0.25) is 10.0 Å². The van der Waals surface area contributed by atoms with Crippen LogP contribution in [-0.2, 0) is 14.8 Å². The summed E-state index contributed by atoms with van der Waals surface area (Å²) in [4.78, 5) is 12.0. The minimum atomic E-state index is -3.25. The van der Waals surface area contributed by atoms with Gasteiger partial charge in [-0.25, -0.2) is 13.1 Å². The molecule has 0 saturated heterocycles. The summed E-state index contributed by atoms with van der Waals surface area (Å²) in [6.07, 6.45) is 2.49. The highest BCUT2D eigenvalue weighted by molar-refractivity contribution is 7.88. The molecule has 1 amide bonds. The van der Waals surface area contributed by atoms with Gasteiger partial charge in [-0.15, -0.1) is 0 Å². The zero-order valence-electron chi connectivity index (χ0n) is 12.5. The first-order chi connectivity index (χ1) is 10.4. The predicted octanol–water partition coefficient (Wildman–Crippen LogP) is 0.554. The first-order valence-corrected chi connectivity index (χ1v) is 9.24. The number of aliphatic hydroxyl groups is 1. The van der Waals surface area contributed by atoms with Crippen molar-refractivity contribution >= 4 is 15.9 Å². The Hall–Kier alpha value is -1.44. The third kappa shape index (κ3) is 4.79. The highest BCUT2D eigenvalue weighted by atomic mass is 32.2. The molecule has 0 unspecified atom stereocenters. The molecule has 122 valence electrons. The second-order valence-electron chi connectivity index (χ2n) is 5.75. The van der Waals surface area contributed by atoms with Crippen LogP contribution in [0.25, 0.3) is 0 Å². The van der Waals surface area contributed by atoms with Gasteiger partial charge in [-0.3, -0.25) is 4.79 Å². The average Bonchev–Trinajstić information content (AvgIpc) is 2.90. The fourth-order valence-corrected chi connectivity index (χ4v) is 3.69. The molecule has 3 atom stereocenters. The molecule has 0 aliphatic heterocycles. The van der Waals surface area contributed by atoms with Gasteiger partial charge in [-0.2, -0.15) is 0 Å². The molecule has 2 rings (SSSR count). The Balaban J connectivity index is 1.88. The first kappa shape index (κ1) is 16.9. The third-order valence-corrected chi connectivity index (χ3v) is 4.66. The molecular weight excluding hydrogens is 304 g/mol. The van der Waals surface area contributed by atoms with E-state index >= 15 is 0 Å². The molecule has 22 heavy (non-hydrogen) atoms. The van der Waals surface area contributed by atoms with E-state index in [0.29, 0.717) is 12.1 Å². The molecule has 6 nitrogen and oxygen atoms in total. The number of rotatable bonds is 6. The SMILES string of the molecule is CS(=O)(=O)N[C@@H]1CCC[C@@H]1CNC(=O)[C@H](O)c1ccccc1. The maximum Gasteiger partial charge on any atom is 0.253 e. The van der Waals surface area contributed by atoms with Crippen LogP contribution < -0.4 is 10.0 Å². The number of amides is 1. The largest absolute Gasteiger partial charge is 0.378 e. The normalized spacial score (nSPS) is 23.2. The Kier molecular flexibility index (Phi) is 5.55. The van der Waals surface area contributed by atoms with Crippen LogP contribution in [0, 0.1) is 5.92 Å². The number of hydrogen-bond acceptors (Lipinski definition) is 4. The van der Waals surface area contributed by atoms with Gasteiger partial charge in [0.15, 0.2) is 6.10 Å². The van der Waals surface area contributed by atoms with Crippen molar-refractivity contribution in [3.8, 4) is 0 Å². The summed E-state index contributed by atoms with van der Waals surface area (Å²) < 4.78 is 25.3. The van der Waals surface area contributed by atoms with Crippen LogP contribution in [0.5, 0.6) is 0 Å². The standard InChI is InChI=1S/C15H22N2O4S/c1-22(20,21)17-13-9-5-8-12(13)10-16-15(19)14(18)11-6-3-2-4-7-11/h2-4,6-7,12-14,17-18H,5,8-10H2,1H3,(H,16,19)/t12-,13-,14-/m1/s1. The summed E-state index contributed by atoms with van der Waals surface area (Å²) in [5.41, 5.74) is 0.539. The molecule has 1 aliphatic carbocycles. The van der Waals surface area contributed by atoms with Crippen molar-refractivity contribution in [1.82, 2.24) is 10.0 Å². The monoisotopic (exact) mass is 326 g/mol. The summed E-state index contributed by atoms with van der Waals surface area (Å²) >= 11 is 0. The van der Waals surface area contributed by atoms with Crippen LogP contribution >= 0.6 is 0 Å². The second kappa shape index (κ2) is 7.21. The van der Waals surface area contributed by atoms with Crippen LogP contribution in [-0.4, -0.2) is 38.3 Å². The maximum absolute atomic E-state index is 12.0. The van der Waals surface area contributed by atoms with Crippen LogP contribution in [0.2, 0.25) is 0 Å². The minimum absolute atomic E-state index is 0.0571. The molecule has 1 aromatic rings. The molecular formula is C15H22N2O4S. The van der Waals surface area contributed by atoms with E-state index in [1.807, 2.05) is 6.07 Å². The zero-order chi connectivity index (χ0) is 16.2. The van der Waals surface area contributed by atoms with Crippen molar-refractivity contribution in [2.45, 2.75) is 31.4 Å². The molecule has 1 fully saturated rings. The fraction of sp³-hybridized carbons (Fsp3) is 0.533. The van der Waals surface area contributed by atoms with Crippen molar-refractivity contribution in [3.63, 3.8) is 0 Å². The summed E-state index contributed by atoms with van der Waals surface area (Å²) in [6.45, 7) is 0.357. The number of nitrogens with one attached hydrogen (secondary N) is 2. The Morgan fingerprint density at radius 2 is 2.00 bits per heavy atom. The lowest BCUT2D eigenvalue weighted by Crippen LogP contribution is -2.42. The Morgan fingerprint density at radius 3 is 2.64 bits per heavy atom. The van der Waals surface area contributed by atoms with E-state index in [0.717, 1.165) is 25.5 Å². The van der Waals surface area contributed by atoms with Gasteiger partial charge in [-0.05, 0) is 24.3 Å². The minimum Gasteiger partial charge on any atom is -0.378 e. The first-order valence-electron chi connectivity index (χ1n) is 7.35. The molecule has 0 heterocycles. The molecule has 1 aromatic carbocycles. The van der Waals surface area contributed by atoms with E-state index in [9.17, 15) is 18.3 Å². The van der Waals surface area contributed by atoms with E-state index in [4.69, 9.17) is 0 Å². The predicted molar refractivity (Wildman–Crippen MR) is 83.5 cm³/mol. The maximum atomic E-state index is 12.0. The Labute approximate surface area is 131 Å². The summed E-state index contributed by atoms with van der Waals surface area (Å²) in [5.74, 6) is -0.405. The van der Waals surface area contributed by atoms with Gasteiger partial charge >= 0.3 is 0 Å². The summed E-state index contributed by atoms with van der Waals surface area (Å²) in [5, 5.41) is 12.7. The Bertz CT molecular complexity index is 603. The van der Waals surface area contributed by atoms with Crippen molar-refractivity contribution in [1.29, 1.82) is 0 Å². The number of carbonyl (C=O) groups is 1. The topological polar surface area (TPSA) is 95.5 Å².